The van der Waals surface area contributed by atoms with E-state index in [0.29, 0.717) is 0 Å². The van der Waals surface area contributed by atoms with Gasteiger partial charge in [-0.1, -0.05) is 6.07 Å². The maximum Gasteiger partial charge on any atom is 0.160 e. The standard InChI is InChI=1S/C12H16N4/c1-9-14-15-11-3-2-10(8-16(9)11)4-5-12(13)6-7-12/h2-3,8H,4-7,13H2,1H3. The predicted octanol–water partition coefficient (Wildman–Crippen LogP) is 1.46. The van der Waals surface area contributed by atoms with Crippen LogP contribution in [0.2, 0.25) is 0 Å². The van der Waals surface area contributed by atoms with Gasteiger partial charge in [0.25, 0.3) is 0 Å². The Hall–Kier alpha value is -1.42. The largest absolute Gasteiger partial charge is 0.325 e. The highest BCUT2D eigenvalue weighted by atomic mass is 15.2. The van der Waals surface area contributed by atoms with Crippen LogP contribution in [0.5, 0.6) is 0 Å². The third kappa shape index (κ3) is 1.69. The summed E-state index contributed by atoms with van der Waals surface area (Å²) < 4.78 is 2.03. The van der Waals surface area contributed by atoms with E-state index in [1.54, 1.807) is 0 Å². The lowest BCUT2D eigenvalue weighted by atomic mass is 10.1. The van der Waals surface area contributed by atoms with Gasteiger partial charge in [0.05, 0.1) is 0 Å². The first-order valence-electron chi connectivity index (χ1n) is 5.75. The van der Waals surface area contributed by atoms with Crippen LogP contribution in [0, 0.1) is 6.92 Å². The molecule has 3 rings (SSSR count). The van der Waals surface area contributed by atoms with Crippen molar-refractivity contribution in [1.82, 2.24) is 14.6 Å². The zero-order valence-corrected chi connectivity index (χ0v) is 9.48. The van der Waals surface area contributed by atoms with E-state index in [1.807, 2.05) is 17.4 Å². The lowest BCUT2D eigenvalue weighted by Gasteiger charge is -2.08. The molecular weight excluding hydrogens is 200 g/mol. The monoisotopic (exact) mass is 216 g/mol. The minimum absolute atomic E-state index is 0.136. The lowest BCUT2D eigenvalue weighted by Crippen LogP contribution is -2.22. The Kier molecular flexibility index (Phi) is 2.01. The molecule has 0 aliphatic heterocycles. The Morgan fingerprint density at radius 3 is 2.94 bits per heavy atom. The number of aromatic nitrogens is 3. The summed E-state index contributed by atoms with van der Waals surface area (Å²) in [6.45, 7) is 1.97. The van der Waals surface area contributed by atoms with Crippen LogP contribution >= 0.6 is 0 Å². The molecule has 4 heteroatoms. The van der Waals surface area contributed by atoms with Crippen LogP contribution in [0.15, 0.2) is 18.3 Å². The molecule has 0 bridgehead atoms. The van der Waals surface area contributed by atoms with E-state index in [4.69, 9.17) is 5.73 Å². The lowest BCUT2D eigenvalue weighted by molar-refractivity contribution is 0.608. The second-order valence-electron chi connectivity index (χ2n) is 4.88. The van der Waals surface area contributed by atoms with Crippen molar-refractivity contribution in [3.63, 3.8) is 0 Å². The molecule has 2 heterocycles. The molecule has 0 spiro atoms. The summed E-state index contributed by atoms with van der Waals surface area (Å²) >= 11 is 0. The van der Waals surface area contributed by atoms with Gasteiger partial charge in [-0.05, 0) is 44.2 Å². The predicted molar refractivity (Wildman–Crippen MR) is 62.2 cm³/mol. The van der Waals surface area contributed by atoms with Crippen molar-refractivity contribution in [2.24, 2.45) is 5.73 Å². The summed E-state index contributed by atoms with van der Waals surface area (Å²) in [5.41, 5.74) is 8.45. The van der Waals surface area contributed by atoms with Crippen LogP contribution in [0.3, 0.4) is 0 Å². The molecule has 0 saturated heterocycles. The molecule has 0 radical (unpaired) electrons. The maximum atomic E-state index is 6.09. The Labute approximate surface area is 94.5 Å². The molecule has 2 aromatic heterocycles. The van der Waals surface area contributed by atoms with E-state index in [0.717, 1.165) is 24.3 Å². The summed E-state index contributed by atoms with van der Waals surface area (Å²) in [4.78, 5) is 0. The number of hydrogen-bond acceptors (Lipinski definition) is 3. The number of nitrogens with two attached hydrogens (primary N) is 1. The fourth-order valence-electron chi connectivity index (χ4n) is 2.00. The van der Waals surface area contributed by atoms with Crippen LogP contribution < -0.4 is 5.73 Å². The fourth-order valence-corrected chi connectivity index (χ4v) is 2.00. The minimum Gasteiger partial charge on any atom is -0.325 e. The Bertz CT molecular complexity index is 525. The third-order valence-electron chi connectivity index (χ3n) is 3.44. The third-order valence-corrected chi connectivity index (χ3v) is 3.44. The van der Waals surface area contributed by atoms with Crippen LogP contribution in [-0.2, 0) is 6.42 Å². The van der Waals surface area contributed by atoms with Gasteiger partial charge in [0.2, 0.25) is 0 Å². The normalized spacial score (nSPS) is 17.9. The zero-order chi connectivity index (χ0) is 11.2. The minimum atomic E-state index is 0.136. The highest BCUT2D eigenvalue weighted by Crippen LogP contribution is 2.36. The van der Waals surface area contributed by atoms with E-state index < -0.39 is 0 Å². The molecule has 16 heavy (non-hydrogen) atoms. The molecule has 4 nitrogen and oxygen atoms in total. The number of fused-ring (bicyclic) bond motifs is 1. The first-order chi connectivity index (χ1) is 7.66. The maximum absolute atomic E-state index is 6.09. The molecule has 84 valence electrons. The molecule has 1 saturated carbocycles. The van der Waals surface area contributed by atoms with E-state index in [1.165, 1.54) is 18.4 Å². The Balaban J connectivity index is 1.83. The fraction of sp³-hybridized carbons (Fsp3) is 0.500. The average Bonchev–Trinajstić information content (AvgIpc) is 2.92. The van der Waals surface area contributed by atoms with Gasteiger partial charge in [-0.25, -0.2) is 0 Å². The SMILES string of the molecule is Cc1nnc2ccc(CCC3(N)CC3)cn12. The molecule has 0 atom stereocenters. The van der Waals surface area contributed by atoms with E-state index >= 15 is 0 Å². The van der Waals surface area contributed by atoms with Crippen molar-refractivity contribution >= 4 is 5.65 Å². The second kappa shape index (κ2) is 3.28. The van der Waals surface area contributed by atoms with Gasteiger partial charge in [-0.2, -0.15) is 0 Å². The topological polar surface area (TPSA) is 56.2 Å². The molecule has 1 aliphatic carbocycles. The summed E-state index contributed by atoms with van der Waals surface area (Å²) in [5.74, 6) is 0.936. The summed E-state index contributed by atoms with van der Waals surface area (Å²) in [6, 6.07) is 4.14. The molecule has 2 aromatic rings. The van der Waals surface area contributed by atoms with Crippen molar-refractivity contribution < 1.29 is 0 Å². The molecule has 1 fully saturated rings. The van der Waals surface area contributed by atoms with Crippen LogP contribution in [0.25, 0.3) is 5.65 Å². The summed E-state index contributed by atoms with van der Waals surface area (Å²) in [5, 5.41) is 8.12. The van der Waals surface area contributed by atoms with Crippen LogP contribution in [0.4, 0.5) is 0 Å². The average molecular weight is 216 g/mol. The highest BCUT2D eigenvalue weighted by Gasteiger charge is 2.37. The van der Waals surface area contributed by atoms with Crippen LogP contribution in [0.1, 0.15) is 30.7 Å². The zero-order valence-electron chi connectivity index (χ0n) is 9.48. The van der Waals surface area contributed by atoms with Crippen molar-refractivity contribution in [3.8, 4) is 0 Å². The van der Waals surface area contributed by atoms with Gasteiger partial charge in [0.1, 0.15) is 5.82 Å². The second-order valence-corrected chi connectivity index (χ2v) is 4.88. The molecule has 1 aliphatic rings. The van der Waals surface area contributed by atoms with Gasteiger partial charge in [-0.15, -0.1) is 10.2 Å². The van der Waals surface area contributed by atoms with Crippen molar-refractivity contribution in [3.05, 3.63) is 29.7 Å². The van der Waals surface area contributed by atoms with Gasteiger partial charge in [0.15, 0.2) is 5.65 Å². The van der Waals surface area contributed by atoms with Crippen molar-refractivity contribution in [1.29, 1.82) is 0 Å². The number of aryl methyl sites for hydroxylation is 2. The van der Waals surface area contributed by atoms with E-state index in [-0.39, 0.29) is 5.54 Å². The quantitative estimate of drug-likeness (QED) is 0.845. The molecule has 0 unspecified atom stereocenters. The van der Waals surface area contributed by atoms with Gasteiger partial charge in [0, 0.05) is 11.7 Å². The number of rotatable bonds is 3. The highest BCUT2D eigenvalue weighted by molar-refractivity contribution is 5.39. The van der Waals surface area contributed by atoms with Gasteiger partial charge in [-0.3, -0.25) is 4.40 Å². The van der Waals surface area contributed by atoms with E-state index in [2.05, 4.69) is 22.5 Å². The Morgan fingerprint density at radius 2 is 2.19 bits per heavy atom. The van der Waals surface area contributed by atoms with Gasteiger partial charge >= 0.3 is 0 Å². The molecule has 0 amide bonds. The smallest absolute Gasteiger partial charge is 0.160 e. The number of hydrogen-bond donors (Lipinski definition) is 1. The summed E-state index contributed by atoms with van der Waals surface area (Å²) in [7, 11) is 0. The first-order valence-corrected chi connectivity index (χ1v) is 5.75. The Morgan fingerprint density at radius 1 is 1.38 bits per heavy atom. The summed E-state index contributed by atoms with van der Waals surface area (Å²) in [6.07, 6.45) is 6.61. The van der Waals surface area contributed by atoms with Gasteiger partial charge < -0.3 is 5.73 Å². The number of pyridine rings is 1. The van der Waals surface area contributed by atoms with Crippen molar-refractivity contribution in [2.45, 2.75) is 38.1 Å². The van der Waals surface area contributed by atoms with E-state index in [9.17, 15) is 0 Å². The van der Waals surface area contributed by atoms with Crippen LogP contribution in [-0.4, -0.2) is 20.1 Å². The molecular formula is C12H16N4. The number of nitrogens with zero attached hydrogens (tertiary/aromatic N) is 3. The molecule has 2 N–H and O–H groups in total. The first kappa shape index (κ1) is 9.78. The molecule has 0 aromatic carbocycles. The van der Waals surface area contributed by atoms with Crippen molar-refractivity contribution in [2.75, 3.05) is 0 Å².